The Balaban J connectivity index is 2.35. The molecule has 0 saturated carbocycles. The van der Waals surface area contributed by atoms with Gasteiger partial charge in [0.2, 0.25) is 0 Å². The van der Waals surface area contributed by atoms with E-state index in [1.54, 1.807) is 0 Å². The van der Waals surface area contributed by atoms with Gasteiger partial charge < -0.3 is 5.32 Å². The molecule has 0 amide bonds. The molecule has 2 rings (SSSR count). The zero-order chi connectivity index (χ0) is 15.4. The van der Waals surface area contributed by atoms with Gasteiger partial charge in [-0.3, -0.25) is 0 Å². The minimum absolute atomic E-state index is 0.0987. The quantitative estimate of drug-likeness (QED) is 0.803. The van der Waals surface area contributed by atoms with Crippen LogP contribution >= 0.6 is 15.9 Å². The van der Waals surface area contributed by atoms with Gasteiger partial charge in [0.15, 0.2) is 0 Å². The van der Waals surface area contributed by atoms with Crippen LogP contribution in [0.2, 0.25) is 0 Å². The number of rotatable bonds is 5. The van der Waals surface area contributed by atoms with Crippen LogP contribution < -0.4 is 5.32 Å². The Kier molecular flexibility index (Phi) is 5.48. The van der Waals surface area contributed by atoms with Gasteiger partial charge in [0.1, 0.15) is 11.6 Å². The van der Waals surface area contributed by atoms with Crippen LogP contribution in [-0.4, -0.2) is 6.54 Å². The fourth-order valence-corrected chi connectivity index (χ4v) is 2.89. The highest BCUT2D eigenvalue weighted by Gasteiger charge is 2.20. The zero-order valence-corrected chi connectivity index (χ0v) is 13.7. The second-order valence-corrected chi connectivity index (χ2v) is 6.00. The van der Waals surface area contributed by atoms with Crippen LogP contribution in [-0.2, 0) is 6.42 Å². The molecule has 0 aliphatic heterocycles. The molecular weight excluding hydrogens is 336 g/mol. The molecule has 0 saturated heterocycles. The van der Waals surface area contributed by atoms with E-state index in [1.807, 2.05) is 38.1 Å². The number of aryl methyl sites for hydroxylation is 1. The van der Waals surface area contributed by atoms with E-state index in [-0.39, 0.29) is 11.6 Å². The first kappa shape index (κ1) is 16.1. The summed E-state index contributed by atoms with van der Waals surface area (Å²) < 4.78 is 28.7. The highest BCUT2D eigenvalue weighted by atomic mass is 79.9. The van der Waals surface area contributed by atoms with Crippen LogP contribution in [0.3, 0.4) is 0 Å². The van der Waals surface area contributed by atoms with E-state index in [0.29, 0.717) is 17.4 Å². The fraction of sp³-hybridized carbons (Fsp3) is 0.294. The van der Waals surface area contributed by atoms with Gasteiger partial charge in [-0.05, 0) is 37.6 Å². The number of benzene rings is 2. The first-order valence-corrected chi connectivity index (χ1v) is 7.74. The smallest absolute Gasteiger partial charge is 0.132 e. The van der Waals surface area contributed by atoms with Crippen LogP contribution in [0.15, 0.2) is 40.9 Å². The first-order valence-electron chi connectivity index (χ1n) is 6.94. The first-order chi connectivity index (χ1) is 10.0. The van der Waals surface area contributed by atoms with E-state index in [9.17, 15) is 8.78 Å². The van der Waals surface area contributed by atoms with Crippen molar-refractivity contribution in [1.82, 2.24) is 5.32 Å². The van der Waals surface area contributed by atoms with Crippen molar-refractivity contribution < 1.29 is 8.78 Å². The third kappa shape index (κ3) is 4.11. The monoisotopic (exact) mass is 353 g/mol. The maximum Gasteiger partial charge on any atom is 0.132 e. The minimum atomic E-state index is -0.527. The largest absolute Gasteiger partial charge is 0.310 e. The molecule has 0 aromatic heterocycles. The predicted octanol–water partition coefficient (Wildman–Crippen LogP) is 4.93. The Labute approximate surface area is 132 Å². The lowest BCUT2D eigenvalue weighted by molar-refractivity contribution is 0.472. The van der Waals surface area contributed by atoms with Gasteiger partial charge in [0.05, 0.1) is 0 Å². The highest BCUT2D eigenvalue weighted by Crippen LogP contribution is 2.27. The molecule has 0 fully saturated rings. The van der Waals surface area contributed by atoms with Crippen LogP contribution in [0.25, 0.3) is 0 Å². The molecule has 0 bridgehead atoms. The summed E-state index contributed by atoms with van der Waals surface area (Å²) in [4.78, 5) is 0. The summed E-state index contributed by atoms with van der Waals surface area (Å²) in [5, 5.41) is 3.17. The number of halogens is 3. The van der Waals surface area contributed by atoms with E-state index in [2.05, 4.69) is 21.2 Å². The third-order valence-corrected chi connectivity index (χ3v) is 3.82. The molecule has 0 heterocycles. The second kappa shape index (κ2) is 7.14. The predicted molar refractivity (Wildman–Crippen MR) is 85.4 cm³/mol. The zero-order valence-electron chi connectivity index (χ0n) is 12.1. The molecule has 0 spiro atoms. The number of hydrogen-bond donors (Lipinski definition) is 1. The molecular formula is C17H18BrF2N. The van der Waals surface area contributed by atoms with Crippen molar-refractivity contribution in [1.29, 1.82) is 0 Å². The Morgan fingerprint density at radius 3 is 2.38 bits per heavy atom. The lowest BCUT2D eigenvalue weighted by Gasteiger charge is -2.20. The molecule has 21 heavy (non-hydrogen) atoms. The average Bonchev–Trinajstić information content (AvgIpc) is 2.37. The van der Waals surface area contributed by atoms with Gasteiger partial charge in [-0.25, -0.2) is 8.78 Å². The highest BCUT2D eigenvalue weighted by molar-refractivity contribution is 9.10. The SMILES string of the molecule is CCNC(Cc1cccc(C)c1)c1c(F)cc(Br)cc1F. The molecule has 1 unspecified atom stereocenters. The molecule has 0 radical (unpaired) electrons. The third-order valence-electron chi connectivity index (χ3n) is 3.37. The normalized spacial score (nSPS) is 12.4. The molecule has 2 aromatic rings. The van der Waals surface area contributed by atoms with E-state index < -0.39 is 11.6 Å². The van der Waals surface area contributed by atoms with Gasteiger partial charge in [-0.1, -0.05) is 52.7 Å². The lowest BCUT2D eigenvalue weighted by atomic mass is 9.97. The molecule has 0 aliphatic carbocycles. The van der Waals surface area contributed by atoms with Crippen molar-refractivity contribution >= 4 is 15.9 Å². The maximum absolute atomic E-state index is 14.2. The molecule has 2 aromatic carbocycles. The summed E-state index contributed by atoms with van der Waals surface area (Å²) >= 11 is 3.11. The summed E-state index contributed by atoms with van der Waals surface area (Å²) in [7, 11) is 0. The molecule has 1 atom stereocenters. The Hall–Kier alpha value is -1.26. The summed E-state index contributed by atoms with van der Waals surface area (Å²) in [5.41, 5.74) is 2.30. The number of likely N-dealkylation sites (N-methyl/N-ethyl adjacent to an activating group) is 1. The van der Waals surface area contributed by atoms with Crippen molar-refractivity contribution in [3.05, 3.63) is 69.2 Å². The van der Waals surface area contributed by atoms with Crippen molar-refractivity contribution in [3.63, 3.8) is 0 Å². The van der Waals surface area contributed by atoms with E-state index in [0.717, 1.165) is 11.1 Å². The van der Waals surface area contributed by atoms with Crippen LogP contribution in [0, 0.1) is 18.6 Å². The molecule has 112 valence electrons. The van der Waals surface area contributed by atoms with Crippen LogP contribution in [0.4, 0.5) is 8.78 Å². The second-order valence-electron chi connectivity index (χ2n) is 5.09. The van der Waals surface area contributed by atoms with Crippen molar-refractivity contribution in [3.8, 4) is 0 Å². The topological polar surface area (TPSA) is 12.0 Å². The summed E-state index contributed by atoms with van der Waals surface area (Å²) in [6, 6.07) is 10.2. The average molecular weight is 354 g/mol. The van der Waals surface area contributed by atoms with E-state index in [4.69, 9.17) is 0 Å². The van der Waals surface area contributed by atoms with Gasteiger partial charge in [-0.2, -0.15) is 0 Å². The maximum atomic E-state index is 14.2. The van der Waals surface area contributed by atoms with E-state index in [1.165, 1.54) is 12.1 Å². The van der Waals surface area contributed by atoms with Gasteiger partial charge in [-0.15, -0.1) is 0 Å². The summed E-state index contributed by atoms with van der Waals surface area (Å²) in [5.74, 6) is -1.05. The van der Waals surface area contributed by atoms with E-state index >= 15 is 0 Å². The standard InChI is InChI=1S/C17H18BrF2N/c1-3-21-16(8-12-6-4-5-11(2)7-12)17-14(19)9-13(18)10-15(17)20/h4-7,9-10,16,21H,3,8H2,1-2H3. The van der Waals surface area contributed by atoms with Crippen molar-refractivity contribution in [2.24, 2.45) is 0 Å². The molecule has 0 aliphatic rings. The lowest BCUT2D eigenvalue weighted by Crippen LogP contribution is -2.25. The summed E-state index contributed by atoms with van der Waals surface area (Å²) in [6.07, 6.45) is 0.547. The number of hydrogen-bond acceptors (Lipinski definition) is 1. The summed E-state index contributed by atoms with van der Waals surface area (Å²) in [6.45, 7) is 4.58. The van der Waals surface area contributed by atoms with Gasteiger partial charge in [0.25, 0.3) is 0 Å². The molecule has 1 nitrogen and oxygen atoms in total. The Morgan fingerprint density at radius 1 is 1.14 bits per heavy atom. The molecule has 4 heteroatoms. The fourth-order valence-electron chi connectivity index (χ4n) is 2.48. The number of nitrogens with one attached hydrogen (secondary N) is 1. The Morgan fingerprint density at radius 2 is 1.81 bits per heavy atom. The van der Waals surface area contributed by atoms with Crippen molar-refractivity contribution in [2.75, 3.05) is 6.54 Å². The van der Waals surface area contributed by atoms with Gasteiger partial charge >= 0.3 is 0 Å². The van der Waals surface area contributed by atoms with Crippen LogP contribution in [0.5, 0.6) is 0 Å². The van der Waals surface area contributed by atoms with Crippen LogP contribution in [0.1, 0.15) is 29.7 Å². The molecule has 1 N–H and O–H groups in total. The van der Waals surface area contributed by atoms with Crippen molar-refractivity contribution in [2.45, 2.75) is 26.3 Å². The Bertz CT molecular complexity index is 605. The van der Waals surface area contributed by atoms with Gasteiger partial charge in [0, 0.05) is 16.1 Å². The minimum Gasteiger partial charge on any atom is -0.310 e.